The van der Waals surface area contributed by atoms with Crippen LogP contribution >= 0.6 is 15.9 Å². The molecule has 0 atom stereocenters. The maximum absolute atomic E-state index is 12.3. The Hall–Kier alpha value is -2.35. The van der Waals surface area contributed by atoms with Gasteiger partial charge in [-0.25, -0.2) is 4.79 Å². The second-order valence-electron chi connectivity index (χ2n) is 5.59. The molecule has 126 valence electrons. The van der Waals surface area contributed by atoms with Crippen LogP contribution in [-0.2, 0) is 11.3 Å². The lowest BCUT2D eigenvalue weighted by atomic mass is 10.2. The van der Waals surface area contributed by atoms with Gasteiger partial charge in [-0.05, 0) is 46.5 Å². The third-order valence-electron chi connectivity index (χ3n) is 3.65. The molecular weight excluding hydrogens is 378 g/mol. The first-order valence-corrected chi connectivity index (χ1v) is 8.29. The fourth-order valence-corrected chi connectivity index (χ4v) is 2.97. The van der Waals surface area contributed by atoms with Crippen LogP contribution in [0.15, 0.2) is 28.7 Å². The molecule has 0 bridgehead atoms. The number of benzene rings is 1. The van der Waals surface area contributed by atoms with Crippen LogP contribution in [0.4, 0.5) is 0 Å². The molecule has 1 aromatic heterocycles. The Kier molecular flexibility index (Phi) is 4.84. The minimum Gasteiger partial charge on any atom is -0.482 e. The first-order chi connectivity index (χ1) is 11.5. The SMILES string of the molecule is O=C(O)COc1cccc(CNC(=O)c2n[nH]c(C3CC3)c2Br)c1. The van der Waals surface area contributed by atoms with E-state index in [-0.39, 0.29) is 5.91 Å². The quantitative estimate of drug-likeness (QED) is 0.669. The highest BCUT2D eigenvalue weighted by molar-refractivity contribution is 9.10. The van der Waals surface area contributed by atoms with E-state index in [1.165, 1.54) is 0 Å². The molecule has 1 heterocycles. The Bertz CT molecular complexity index is 770. The van der Waals surface area contributed by atoms with Crippen LogP contribution in [0.1, 0.15) is 40.5 Å². The molecule has 0 aliphatic heterocycles. The average Bonchev–Trinajstić information content (AvgIpc) is 3.33. The Morgan fingerprint density at radius 1 is 1.42 bits per heavy atom. The van der Waals surface area contributed by atoms with E-state index in [0.717, 1.165) is 28.6 Å². The highest BCUT2D eigenvalue weighted by Crippen LogP contribution is 2.42. The average molecular weight is 394 g/mol. The molecule has 2 aromatic rings. The number of nitrogens with one attached hydrogen (secondary N) is 2. The standard InChI is InChI=1S/C16H16BrN3O4/c17-13-14(10-4-5-10)19-20-15(13)16(23)18-7-9-2-1-3-11(6-9)24-8-12(21)22/h1-3,6,10H,4-5,7-8H2,(H,18,23)(H,19,20)(H,21,22). The summed E-state index contributed by atoms with van der Waals surface area (Å²) in [7, 11) is 0. The lowest BCUT2D eigenvalue weighted by Gasteiger charge is -2.07. The molecule has 3 rings (SSSR count). The molecule has 1 saturated carbocycles. The van der Waals surface area contributed by atoms with Crippen LogP contribution in [0.25, 0.3) is 0 Å². The number of ether oxygens (including phenoxy) is 1. The molecule has 0 saturated heterocycles. The lowest BCUT2D eigenvalue weighted by Crippen LogP contribution is -2.23. The predicted molar refractivity (Wildman–Crippen MR) is 89.0 cm³/mol. The minimum atomic E-state index is -1.04. The summed E-state index contributed by atoms with van der Waals surface area (Å²) in [5, 5.41) is 18.4. The number of nitrogens with zero attached hydrogens (tertiary/aromatic N) is 1. The highest BCUT2D eigenvalue weighted by Gasteiger charge is 2.30. The zero-order chi connectivity index (χ0) is 17.1. The van der Waals surface area contributed by atoms with Gasteiger partial charge in [0, 0.05) is 12.5 Å². The molecule has 1 aliphatic rings. The van der Waals surface area contributed by atoms with Crippen molar-refractivity contribution in [3.05, 3.63) is 45.7 Å². The minimum absolute atomic E-state index is 0.276. The van der Waals surface area contributed by atoms with Gasteiger partial charge in [0.2, 0.25) is 0 Å². The first-order valence-electron chi connectivity index (χ1n) is 7.50. The molecule has 1 aliphatic carbocycles. The molecule has 1 fully saturated rings. The monoisotopic (exact) mass is 393 g/mol. The summed E-state index contributed by atoms with van der Waals surface area (Å²) in [6.07, 6.45) is 2.23. The van der Waals surface area contributed by atoms with Gasteiger partial charge in [-0.15, -0.1) is 0 Å². The van der Waals surface area contributed by atoms with E-state index < -0.39 is 12.6 Å². The van der Waals surface area contributed by atoms with Crippen LogP contribution in [0, 0.1) is 0 Å². The third kappa shape index (κ3) is 3.94. The van der Waals surface area contributed by atoms with Crippen molar-refractivity contribution in [2.45, 2.75) is 25.3 Å². The summed E-state index contributed by atoms with van der Waals surface area (Å²) in [6.45, 7) is -0.110. The lowest BCUT2D eigenvalue weighted by molar-refractivity contribution is -0.139. The second kappa shape index (κ2) is 7.04. The van der Waals surface area contributed by atoms with Crippen LogP contribution in [0.5, 0.6) is 5.75 Å². The van der Waals surface area contributed by atoms with Gasteiger partial charge >= 0.3 is 5.97 Å². The largest absolute Gasteiger partial charge is 0.482 e. The number of H-pyrrole nitrogens is 1. The smallest absolute Gasteiger partial charge is 0.341 e. The number of hydrogen-bond acceptors (Lipinski definition) is 4. The van der Waals surface area contributed by atoms with Crippen LogP contribution in [0.2, 0.25) is 0 Å². The molecule has 0 unspecified atom stereocenters. The van der Waals surface area contributed by atoms with Gasteiger partial charge in [-0.2, -0.15) is 5.10 Å². The Balaban J connectivity index is 1.60. The van der Waals surface area contributed by atoms with Crippen molar-refractivity contribution in [3.8, 4) is 5.75 Å². The number of aromatic nitrogens is 2. The molecule has 0 spiro atoms. The number of aromatic amines is 1. The molecule has 8 heteroatoms. The summed E-state index contributed by atoms with van der Waals surface area (Å²) in [5.74, 6) is -0.400. The van der Waals surface area contributed by atoms with Crippen molar-refractivity contribution >= 4 is 27.8 Å². The van der Waals surface area contributed by atoms with E-state index in [9.17, 15) is 9.59 Å². The number of rotatable bonds is 7. The van der Waals surface area contributed by atoms with Crippen LogP contribution in [0.3, 0.4) is 0 Å². The molecule has 1 aromatic carbocycles. The van der Waals surface area contributed by atoms with Gasteiger partial charge in [0.15, 0.2) is 12.3 Å². The fourth-order valence-electron chi connectivity index (χ4n) is 2.29. The van der Waals surface area contributed by atoms with E-state index in [1.807, 2.05) is 6.07 Å². The molecule has 7 nitrogen and oxygen atoms in total. The van der Waals surface area contributed by atoms with Gasteiger partial charge in [0.1, 0.15) is 5.75 Å². The number of carboxylic acid groups (broad SMARTS) is 1. The molecule has 0 radical (unpaired) electrons. The maximum atomic E-state index is 12.3. The maximum Gasteiger partial charge on any atom is 0.341 e. The zero-order valence-electron chi connectivity index (χ0n) is 12.7. The summed E-state index contributed by atoms with van der Waals surface area (Å²) in [6, 6.07) is 6.93. The Morgan fingerprint density at radius 2 is 2.21 bits per heavy atom. The van der Waals surface area contributed by atoms with Crippen molar-refractivity contribution in [2.24, 2.45) is 0 Å². The summed E-state index contributed by atoms with van der Waals surface area (Å²) < 4.78 is 5.84. The number of amides is 1. The van der Waals surface area contributed by atoms with E-state index in [0.29, 0.717) is 23.9 Å². The zero-order valence-corrected chi connectivity index (χ0v) is 14.3. The van der Waals surface area contributed by atoms with E-state index >= 15 is 0 Å². The number of carbonyl (C=O) groups is 2. The number of hydrogen-bond donors (Lipinski definition) is 3. The Labute approximate surface area is 146 Å². The second-order valence-corrected chi connectivity index (χ2v) is 6.38. The van der Waals surface area contributed by atoms with Gasteiger partial charge in [-0.3, -0.25) is 9.89 Å². The Morgan fingerprint density at radius 3 is 2.92 bits per heavy atom. The summed E-state index contributed by atoms with van der Waals surface area (Å²) >= 11 is 3.43. The summed E-state index contributed by atoms with van der Waals surface area (Å²) in [5.41, 5.74) is 2.12. The van der Waals surface area contributed by atoms with Crippen molar-refractivity contribution in [3.63, 3.8) is 0 Å². The number of aliphatic carboxylic acids is 1. The normalized spacial score (nSPS) is 13.5. The number of halogens is 1. The number of carbonyl (C=O) groups excluding carboxylic acids is 1. The van der Waals surface area contributed by atoms with Gasteiger partial charge in [0.25, 0.3) is 5.91 Å². The van der Waals surface area contributed by atoms with Crippen LogP contribution < -0.4 is 10.1 Å². The first kappa shape index (κ1) is 16.5. The third-order valence-corrected chi connectivity index (χ3v) is 4.45. The van der Waals surface area contributed by atoms with Gasteiger partial charge in [-0.1, -0.05) is 12.1 Å². The van der Waals surface area contributed by atoms with Gasteiger partial charge in [0.05, 0.1) is 10.2 Å². The topological polar surface area (TPSA) is 104 Å². The molecule has 24 heavy (non-hydrogen) atoms. The summed E-state index contributed by atoms with van der Waals surface area (Å²) in [4.78, 5) is 22.8. The molecular formula is C16H16BrN3O4. The fraction of sp³-hybridized carbons (Fsp3) is 0.312. The van der Waals surface area contributed by atoms with Crippen molar-refractivity contribution < 1.29 is 19.4 Å². The van der Waals surface area contributed by atoms with E-state index in [4.69, 9.17) is 9.84 Å². The number of carboxylic acids is 1. The van der Waals surface area contributed by atoms with Crippen molar-refractivity contribution in [2.75, 3.05) is 6.61 Å². The van der Waals surface area contributed by atoms with Crippen molar-refractivity contribution in [1.82, 2.24) is 15.5 Å². The molecule has 1 amide bonds. The van der Waals surface area contributed by atoms with Crippen molar-refractivity contribution in [1.29, 1.82) is 0 Å². The highest BCUT2D eigenvalue weighted by atomic mass is 79.9. The van der Waals surface area contributed by atoms with E-state index in [1.54, 1.807) is 18.2 Å². The van der Waals surface area contributed by atoms with E-state index in [2.05, 4.69) is 31.4 Å². The molecule has 3 N–H and O–H groups in total. The van der Waals surface area contributed by atoms with Gasteiger partial charge < -0.3 is 15.2 Å². The van der Waals surface area contributed by atoms with Crippen LogP contribution in [-0.4, -0.2) is 33.8 Å². The predicted octanol–water partition coefficient (Wildman–Crippen LogP) is 2.44.